The number of amides is 2. The van der Waals surface area contributed by atoms with Gasteiger partial charge < -0.3 is 14.9 Å². The summed E-state index contributed by atoms with van der Waals surface area (Å²) in [6.45, 7) is 5.49. The van der Waals surface area contributed by atoms with Gasteiger partial charge in [-0.1, -0.05) is 13.8 Å². The fourth-order valence-electron chi connectivity index (χ4n) is 3.34. The third-order valence-corrected chi connectivity index (χ3v) is 5.30. The van der Waals surface area contributed by atoms with Crippen LogP contribution in [-0.4, -0.2) is 63.7 Å². The molecule has 6 nitrogen and oxygen atoms in total. The molecule has 158 valence electrons. The zero-order valence-electron chi connectivity index (χ0n) is 16.7. The molecular weight excluding hydrogens is 387 g/mol. The Kier molecular flexibility index (Phi) is 6.28. The molecule has 1 fully saturated rings. The van der Waals surface area contributed by atoms with Crippen molar-refractivity contribution in [2.45, 2.75) is 51.6 Å². The van der Waals surface area contributed by atoms with Crippen LogP contribution in [0.25, 0.3) is 0 Å². The Labute approximate surface area is 167 Å². The molecule has 2 amide bonds. The summed E-state index contributed by atoms with van der Waals surface area (Å²) in [6, 6.07) is 6.78. The van der Waals surface area contributed by atoms with Crippen LogP contribution in [0.15, 0.2) is 24.3 Å². The van der Waals surface area contributed by atoms with Gasteiger partial charge in [-0.05, 0) is 44.0 Å². The van der Waals surface area contributed by atoms with Crippen LogP contribution in [0.2, 0.25) is 0 Å². The number of nitriles is 1. The lowest BCUT2D eigenvalue weighted by molar-refractivity contribution is -0.252. The van der Waals surface area contributed by atoms with Crippen molar-refractivity contribution in [3.8, 4) is 6.07 Å². The molecule has 0 aromatic heterocycles. The van der Waals surface area contributed by atoms with Crippen molar-refractivity contribution in [3.63, 3.8) is 0 Å². The average molecular weight is 411 g/mol. The van der Waals surface area contributed by atoms with E-state index in [1.807, 2.05) is 6.07 Å². The maximum absolute atomic E-state index is 13.2. The topological polar surface area (TPSA) is 84.6 Å². The van der Waals surface area contributed by atoms with Crippen LogP contribution in [0, 0.1) is 17.2 Å². The van der Waals surface area contributed by atoms with Crippen LogP contribution in [0.1, 0.15) is 43.6 Å². The lowest BCUT2D eigenvalue weighted by Gasteiger charge is -2.48. The van der Waals surface area contributed by atoms with E-state index in [0.29, 0.717) is 18.1 Å². The minimum Gasteiger partial charge on any atom is -0.373 e. The lowest BCUT2D eigenvalue weighted by Crippen LogP contribution is -2.67. The summed E-state index contributed by atoms with van der Waals surface area (Å²) < 4.78 is 39.5. The highest BCUT2D eigenvalue weighted by molar-refractivity contribution is 5.95. The van der Waals surface area contributed by atoms with E-state index in [1.54, 1.807) is 20.8 Å². The number of rotatable bonds is 3. The van der Waals surface area contributed by atoms with Gasteiger partial charge in [0.25, 0.3) is 11.8 Å². The normalized spacial score (nSPS) is 22.2. The van der Waals surface area contributed by atoms with Gasteiger partial charge in [0.15, 0.2) is 0 Å². The van der Waals surface area contributed by atoms with Gasteiger partial charge in [0.2, 0.25) is 5.60 Å². The molecule has 0 bridgehead atoms. The summed E-state index contributed by atoms with van der Waals surface area (Å²) >= 11 is 0. The van der Waals surface area contributed by atoms with Crippen LogP contribution in [0.3, 0.4) is 0 Å². The molecule has 1 N–H and O–H groups in total. The Morgan fingerprint density at radius 2 is 1.72 bits per heavy atom. The summed E-state index contributed by atoms with van der Waals surface area (Å²) in [6.07, 6.45) is -5.11. The lowest BCUT2D eigenvalue weighted by atomic mass is 9.93. The van der Waals surface area contributed by atoms with Crippen molar-refractivity contribution in [2.75, 3.05) is 13.1 Å². The van der Waals surface area contributed by atoms with Crippen LogP contribution in [0.4, 0.5) is 13.2 Å². The number of nitrogens with zero attached hydrogens (tertiary/aromatic N) is 3. The number of carbonyl (C=O) groups is 2. The average Bonchev–Trinajstić information content (AvgIpc) is 2.65. The number of halogens is 3. The maximum atomic E-state index is 13.2. The molecule has 1 aromatic carbocycles. The highest BCUT2D eigenvalue weighted by Gasteiger charge is 2.58. The van der Waals surface area contributed by atoms with E-state index in [2.05, 4.69) is 0 Å². The van der Waals surface area contributed by atoms with Gasteiger partial charge in [-0.2, -0.15) is 18.4 Å². The summed E-state index contributed by atoms with van der Waals surface area (Å²) in [7, 11) is 0. The molecule has 1 heterocycles. The van der Waals surface area contributed by atoms with E-state index in [1.165, 1.54) is 29.2 Å². The van der Waals surface area contributed by atoms with Crippen molar-refractivity contribution in [1.82, 2.24) is 9.80 Å². The molecule has 0 radical (unpaired) electrons. The number of hydrogen-bond donors (Lipinski definition) is 1. The first-order valence-electron chi connectivity index (χ1n) is 9.22. The van der Waals surface area contributed by atoms with Crippen molar-refractivity contribution >= 4 is 11.8 Å². The molecular formula is C20H24F3N3O3. The zero-order valence-corrected chi connectivity index (χ0v) is 16.7. The minimum atomic E-state index is -5.11. The van der Waals surface area contributed by atoms with Crippen molar-refractivity contribution < 1.29 is 27.9 Å². The SMILES string of the molecule is CC(C)[C@H]1CN(C(=O)c2ccc(C#N)cc2)[C@H](C)CN1C(=O)[C@@](C)(O)C(F)(F)F. The fourth-order valence-corrected chi connectivity index (χ4v) is 3.34. The van der Waals surface area contributed by atoms with Crippen LogP contribution < -0.4 is 0 Å². The van der Waals surface area contributed by atoms with Crippen LogP contribution >= 0.6 is 0 Å². The zero-order chi connectivity index (χ0) is 22.1. The van der Waals surface area contributed by atoms with Crippen LogP contribution in [0.5, 0.6) is 0 Å². The molecule has 2 rings (SSSR count). The van der Waals surface area contributed by atoms with Crippen molar-refractivity contribution in [2.24, 2.45) is 5.92 Å². The maximum Gasteiger partial charge on any atom is 0.426 e. The molecule has 3 atom stereocenters. The first-order chi connectivity index (χ1) is 13.3. The van der Waals surface area contributed by atoms with E-state index < -0.39 is 29.8 Å². The second-order valence-corrected chi connectivity index (χ2v) is 7.83. The Morgan fingerprint density at radius 1 is 1.17 bits per heavy atom. The molecule has 9 heteroatoms. The summed E-state index contributed by atoms with van der Waals surface area (Å²) in [5.41, 5.74) is -2.75. The number of aliphatic hydroxyl groups is 1. The number of alkyl halides is 3. The quantitative estimate of drug-likeness (QED) is 0.829. The van der Waals surface area contributed by atoms with Gasteiger partial charge in [-0.3, -0.25) is 9.59 Å². The monoisotopic (exact) mass is 411 g/mol. The number of piperazine rings is 1. The third kappa shape index (κ3) is 4.37. The Bertz CT molecular complexity index is 813. The Balaban J connectivity index is 2.30. The molecule has 1 aromatic rings. The predicted octanol–water partition coefficient (Wildman–Crippen LogP) is 2.57. The highest BCUT2D eigenvalue weighted by Crippen LogP contribution is 2.34. The molecule has 0 saturated carbocycles. The second-order valence-electron chi connectivity index (χ2n) is 7.83. The number of hydrogen-bond acceptors (Lipinski definition) is 4. The Morgan fingerprint density at radius 3 is 2.17 bits per heavy atom. The van der Waals surface area contributed by atoms with Gasteiger partial charge in [0.05, 0.1) is 17.7 Å². The molecule has 0 unspecified atom stereocenters. The van der Waals surface area contributed by atoms with Crippen molar-refractivity contribution in [1.29, 1.82) is 5.26 Å². The first kappa shape index (κ1) is 22.7. The molecule has 29 heavy (non-hydrogen) atoms. The van der Waals surface area contributed by atoms with Gasteiger partial charge >= 0.3 is 6.18 Å². The molecule has 1 aliphatic rings. The van der Waals surface area contributed by atoms with Gasteiger partial charge in [-0.25, -0.2) is 0 Å². The summed E-state index contributed by atoms with van der Waals surface area (Å²) in [4.78, 5) is 28.0. The van der Waals surface area contributed by atoms with Crippen molar-refractivity contribution in [3.05, 3.63) is 35.4 Å². The van der Waals surface area contributed by atoms with Gasteiger partial charge in [0, 0.05) is 24.7 Å². The number of carbonyl (C=O) groups excluding carboxylic acids is 2. The molecule has 1 aliphatic heterocycles. The van der Waals surface area contributed by atoms with E-state index >= 15 is 0 Å². The molecule has 0 spiro atoms. The summed E-state index contributed by atoms with van der Waals surface area (Å²) in [5, 5.41) is 18.7. The molecule has 0 aliphatic carbocycles. The summed E-state index contributed by atoms with van der Waals surface area (Å²) in [5.74, 6) is -1.99. The highest BCUT2D eigenvalue weighted by atomic mass is 19.4. The van der Waals surface area contributed by atoms with E-state index in [-0.39, 0.29) is 24.9 Å². The number of benzene rings is 1. The fraction of sp³-hybridized carbons (Fsp3) is 0.550. The van der Waals surface area contributed by atoms with Crippen LogP contribution in [-0.2, 0) is 4.79 Å². The first-order valence-corrected chi connectivity index (χ1v) is 9.22. The van der Waals surface area contributed by atoms with E-state index in [4.69, 9.17) is 5.26 Å². The second kappa shape index (κ2) is 8.03. The largest absolute Gasteiger partial charge is 0.426 e. The Hall–Kier alpha value is -2.60. The third-order valence-electron chi connectivity index (χ3n) is 5.30. The van der Waals surface area contributed by atoms with Gasteiger partial charge in [-0.15, -0.1) is 0 Å². The van der Waals surface area contributed by atoms with E-state index in [0.717, 1.165) is 4.90 Å². The smallest absolute Gasteiger partial charge is 0.373 e. The standard InChI is InChI=1S/C20H24F3N3O3/c1-12(2)16-11-25(17(27)15-7-5-14(9-24)6-8-15)13(3)10-26(16)18(28)19(4,29)20(21,22)23/h5-8,12-13,16,29H,10-11H2,1-4H3/t13-,16-,19-/m1/s1. The van der Waals surface area contributed by atoms with E-state index in [9.17, 15) is 27.9 Å². The molecule has 1 saturated heterocycles. The van der Waals surface area contributed by atoms with Gasteiger partial charge in [0.1, 0.15) is 0 Å². The minimum absolute atomic E-state index is 0.0390. The predicted molar refractivity (Wildman–Crippen MR) is 98.7 cm³/mol.